The summed E-state index contributed by atoms with van der Waals surface area (Å²) in [7, 11) is -0.804. The number of benzene rings is 1. The minimum absolute atomic E-state index is 0.488. The van der Waals surface area contributed by atoms with Gasteiger partial charge in [-0.3, -0.25) is 0 Å². The zero-order valence-electron chi connectivity index (χ0n) is 13.9. The summed E-state index contributed by atoms with van der Waals surface area (Å²) in [5.41, 5.74) is 2.47. The van der Waals surface area contributed by atoms with Gasteiger partial charge in [0.05, 0.1) is 0 Å². The van der Waals surface area contributed by atoms with Gasteiger partial charge in [0.15, 0.2) is 0 Å². The second-order valence-corrected chi connectivity index (χ2v) is 9.29. The fourth-order valence-electron chi connectivity index (χ4n) is 3.05. The maximum atomic E-state index is 10.3. The minimum atomic E-state index is -2.86. The molecule has 0 spiro atoms. The van der Waals surface area contributed by atoms with E-state index in [9.17, 15) is 9.79 Å². The lowest BCUT2D eigenvalue weighted by Crippen LogP contribution is -2.20. The van der Waals surface area contributed by atoms with E-state index in [1.165, 1.54) is 30.4 Å². The standard InChI is InChI=1S/C18H28ClNO2P/c1-20(14-16-8-10-18(19)11-9-16)12-5-13-23(21,22)15-17-6-3-2-4-7-17/h8-11,15,21-22H,2-7,12-14H2,1H3/q+1. The lowest BCUT2D eigenvalue weighted by atomic mass is 9.96. The summed E-state index contributed by atoms with van der Waals surface area (Å²) < 4.78 is 0. The average molecular weight is 357 g/mol. The van der Waals surface area contributed by atoms with Gasteiger partial charge < -0.3 is 4.90 Å². The first-order valence-corrected chi connectivity index (χ1v) is 10.7. The number of allylic oxidation sites excluding steroid dienone is 1. The Kier molecular flexibility index (Phi) is 7.52. The van der Waals surface area contributed by atoms with Crippen LogP contribution >= 0.6 is 19.3 Å². The molecule has 2 N–H and O–H groups in total. The molecule has 3 nitrogen and oxygen atoms in total. The summed E-state index contributed by atoms with van der Waals surface area (Å²) in [4.78, 5) is 22.7. The van der Waals surface area contributed by atoms with Gasteiger partial charge in [-0.25, -0.2) is 9.79 Å². The van der Waals surface area contributed by atoms with E-state index in [2.05, 4.69) is 11.9 Å². The molecule has 1 aromatic rings. The van der Waals surface area contributed by atoms with Crippen LogP contribution in [0.25, 0.3) is 0 Å². The first kappa shape index (κ1) is 18.9. The van der Waals surface area contributed by atoms with Gasteiger partial charge in [0.1, 0.15) is 12.0 Å². The van der Waals surface area contributed by atoms with E-state index >= 15 is 0 Å². The predicted octanol–water partition coefficient (Wildman–Crippen LogP) is 4.84. The lowest BCUT2D eigenvalue weighted by molar-refractivity contribution is 0.325. The van der Waals surface area contributed by atoms with E-state index in [0.29, 0.717) is 6.16 Å². The summed E-state index contributed by atoms with van der Waals surface area (Å²) in [5, 5.41) is 0.752. The van der Waals surface area contributed by atoms with Crippen LogP contribution in [0.15, 0.2) is 35.7 Å². The van der Waals surface area contributed by atoms with Crippen molar-refractivity contribution in [3.63, 3.8) is 0 Å². The van der Waals surface area contributed by atoms with Gasteiger partial charge in [-0.1, -0.05) is 30.2 Å². The van der Waals surface area contributed by atoms with E-state index < -0.39 is 7.72 Å². The maximum absolute atomic E-state index is 10.3. The molecule has 0 bridgehead atoms. The molecular formula is C18H28ClNO2P+. The Balaban J connectivity index is 1.73. The highest BCUT2D eigenvalue weighted by Crippen LogP contribution is 2.54. The third-order valence-electron chi connectivity index (χ3n) is 4.28. The van der Waals surface area contributed by atoms with Gasteiger partial charge in [0, 0.05) is 18.1 Å². The van der Waals surface area contributed by atoms with E-state index in [4.69, 9.17) is 11.6 Å². The Bertz CT molecular complexity index is 508. The topological polar surface area (TPSA) is 43.7 Å². The van der Waals surface area contributed by atoms with Crippen LogP contribution in [0.1, 0.15) is 44.1 Å². The molecule has 1 saturated carbocycles. The molecule has 1 aromatic carbocycles. The van der Waals surface area contributed by atoms with Gasteiger partial charge in [0.2, 0.25) is 0 Å². The van der Waals surface area contributed by atoms with Crippen LogP contribution in [-0.4, -0.2) is 34.4 Å². The van der Waals surface area contributed by atoms with Crippen LogP contribution in [0.3, 0.4) is 0 Å². The Morgan fingerprint density at radius 3 is 2.43 bits per heavy atom. The highest BCUT2D eigenvalue weighted by atomic mass is 35.5. The second-order valence-electron chi connectivity index (χ2n) is 6.58. The van der Waals surface area contributed by atoms with Crippen LogP contribution in [0, 0.1) is 0 Å². The monoisotopic (exact) mass is 356 g/mol. The van der Waals surface area contributed by atoms with Crippen LogP contribution in [0.5, 0.6) is 0 Å². The molecule has 0 heterocycles. The summed E-state index contributed by atoms with van der Waals surface area (Å²) in [6, 6.07) is 7.86. The van der Waals surface area contributed by atoms with Crippen molar-refractivity contribution >= 4 is 19.3 Å². The Labute approximate surface area is 145 Å². The highest BCUT2D eigenvalue weighted by molar-refractivity contribution is 7.67. The highest BCUT2D eigenvalue weighted by Gasteiger charge is 2.30. The number of nitrogens with zero attached hydrogens (tertiary/aromatic N) is 1. The zero-order valence-corrected chi connectivity index (χ0v) is 15.6. The zero-order chi connectivity index (χ0) is 16.7. The Morgan fingerprint density at radius 1 is 1.13 bits per heavy atom. The number of halogens is 1. The van der Waals surface area contributed by atoms with E-state index in [1.807, 2.05) is 24.3 Å². The third kappa shape index (κ3) is 7.32. The molecule has 1 fully saturated rings. The number of rotatable bonds is 7. The average Bonchev–Trinajstić information content (AvgIpc) is 2.50. The molecule has 1 aliphatic rings. The SMILES string of the molecule is CN(CCC[P+](O)(O)C=C1CCCCC1)Cc1ccc(Cl)cc1. The molecule has 0 atom stereocenters. The Hall–Kier alpha value is -0.440. The van der Waals surface area contributed by atoms with E-state index in [-0.39, 0.29) is 0 Å². The summed E-state index contributed by atoms with van der Waals surface area (Å²) in [5.74, 6) is 1.80. The minimum Gasteiger partial charge on any atom is -0.302 e. The molecule has 0 aromatic heterocycles. The molecule has 0 unspecified atom stereocenters. The van der Waals surface area contributed by atoms with Crippen LogP contribution in [0.4, 0.5) is 0 Å². The van der Waals surface area contributed by atoms with Crippen molar-refractivity contribution in [1.82, 2.24) is 4.90 Å². The van der Waals surface area contributed by atoms with Gasteiger partial charge in [-0.05, 0) is 62.4 Å². The van der Waals surface area contributed by atoms with Crippen molar-refractivity contribution in [3.8, 4) is 0 Å². The smallest absolute Gasteiger partial charge is 0.292 e. The fraction of sp³-hybridized carbons (Fsp3) is 0.556. The van der Waals surface area contributed by atoms with Gasteiger partial charge in [-0.2, -0.15) is 0 Å². The predicted molar refractivity (Wildman–Crippen MR) is 99.8 cm³/mol. The molecular weight excluding hydrogens is 329 g/mol. The van der Waals surface area contributed by atoms with Crippen LogP contribution in [0.2, 0.25) is 5.02 Å². The molecule has 23 heavy (non-hydrogen) atoms. The van der Waals surface area contributed by atoms with Crippen molar-refractivity contribution in [2.45, 2.75) is 45.1 Å². The Morgan fingerprint density at radius 2 is 1.78 bits per heavy atom. The normalized spacial score (nSPS) is 16.0. The third-order valence-corrected chi connectivity index (χ3v) is 6.28. The van der Waals surface area contributed by atoms with Gasteiger partial charge >= 0.3 is 0 Å². The molecule has 0 aliphatic heterocycles. The summed E-state index contributed by atoms with van der Waals surface area (Å²) >= 11 is 5.89. The van der Waals surface area contributed by atoms with Crippen molar-refractivity contribution in [3.05, 3.63) is 46.2 Å². The van der Waals surface area contributed by atoms with Crippen molar-refractivity contribution in [2.75, 3.05) is 19.8 Å². The molecule has 2 rings (SSSR count). The molecule has 0 amide bonds. The summed E-state index contributed by atoms with van der Waals surface area (Å²) in [6.07, 6.45) is 7.02. The maximum Gasteiger partial charge on any atom is 0.292 e. The van der Waals surface area contributed by atoms with Gasteiger partial charge in [-0.15, -0.1) is 0 Å². The van der Waals surface area contributed by atoms with E-state index in [0.717, 1.165) is 37.4 Å². The first-order chi connectivity index (χ1) is 10.9. The van der Waals surface area contributed by atoms with Gasteiger partial charge in [0.25, 0.3) is 7.72 Å². The molecule has 0 saturated heterocycles. The fourth-order valence-corrected chi connectivity index (χ4v) is 4.75. The molecule has 5 heteroatoms. The lowest BCUT2D eigenvalue weighted by Gasteiger charge is -2.18. The number of hydrogen-bond acceptors (Lipinski definition) is 3. The quantitative estimate of drug-likeness (QED) is 0.687. The number of hydrogen-bond donors (Lipinski definition) is 2. The van der Waals surface area contributed by atoms with Crippen molar-refractivity contribution < 1.29 is 9.79 Å². The van der Waals surface area contributed by atoms with Crippen LogP contribution in [-0.2, 0) is 6.54 Å². The summed E-state index contributed by atoms with van der Waals surface area (Å²) in [6.45, 7) is 1.70. The first-order valence-electron chi connectivity index (χ1n) is 8.41. The van der Waals surface area contributed by atoms with Crippen LogP contribution < -0.4 is 0 Å². The molecule has 1 aliphatic carbocycles. The second kappa shape index (κ2) is 9.15. The van der Waals surface area contributed by atoms with Crippen molar-refractivity contribution in [2.24, 2.45) is 0 Å². The molecule has 128 valence electrons. The van der Waals surface area contributed by atoms with Crippen molar-refractivity contribution in [1.29, 1.82) is 0 Å². The molecule has 0 radical (unpaired) electrons. The largest absolute Gasteiger partial charge is 0.302 e. The van der Waals surface area contributed by atoms with E-state index in [1.54, 1.807) is 5.82 Å².